The van der Waals surface area contributed by atoms with Gasteiger partial charge in [0, 0.05) is 31.1 Å². The molecule has 1 atom stereocenters. The number of amides is 1. The molecule has 1 amide bonds. The monoisotopic (exact) mass is 395 g/mol. The molecule has 6 nitrogen and oxygen atoms in total. The van der Waals surface area contributed by atoms with Crippen LogP contribution in [0.3, 0.4) is 0 Å². The molecule has 0 radical (unpaired) electrons. The van der Waals surface area contributed by atoms with Crippen LogP contribution in [0.15, 0.2) is 42.7 Å². The summed E-state index contributed by atoms with van der Waals surface area (Å²) in [6, 6.07) is 8.33. The summed E-state index contributed by atoms with van der Waals surface area (Å²) in [5.41, 5.74) is 7.23. The van der Waals surface area contributed by atoms with E-state index in [0.717, 1.165) is 5.56 Å². The molecule has 1 aromatic carbocycles. The molecule has 0 saturated heterocycles. The Balaban J connectivity index is 0.00000169. The van der Waals surface area contributed by atoms with Gasteiger partial charge < -0.3 is 20.1 Å². The maximum atomic E-state index is 12.1. The van der Waals surface area contributed by atoms with Crippen molar-refractivity contribution in [1.82, 2.24) is 4.98 Å². The van der Waals surface area contributed by atoms with Gasteiger partial charge in [0.1, 0.15) is 30.8 Å². The second kappa shape index (κ2) is 9.88. The Morgan fingerprint density at radius 3 is 2.92 bits per heavy atom. The fourth-order valence-electron chi connectivity index (χ4n) is 2.28. The van der Waals surface area contributed by atoms with E-state index in [-0.39, 0.29) is 43.9 Å². The Morgan fingerprint density at radius 2 is 2.19 bits per heavy atom. The van der Waals surface area contributed by atoms with Crippen LogP contribution in [0.4, 0.5) is 5.69 Å². The van der Waals surface area contributed by atoms with Gasteiger partial charge in [-0.2, -0.15) is 0 Å². The number of fused-ring (bicyclic) bond motifs is 1. The molecule has 0 saturated carbocycles. The van der Waals surface area contributed by atoms with E-state index in [9.17, 15) is 4.79 Å². The number of benzene rings is 1. The van der Waals surface area contributed by atoms with E-state index >= 15 is 0 Å². The minimum Gasteiger partial charge on any atom is -0.489 e. The van der Waals surface area contributed by atoms with E-state index in [2.05, 4.69) is 16.8 Å². The molecular formula is C18H19Cl2N3O3. The molecule has 2 N–H and O–H groups in total. The number of nitrogens with two attached hydrogens (primary N) is 1. The first-order valence-corrected chi connectivity index (χ1v) is 7.47. The maximum Gasteiger partial charge on any atom is 0.247 e. The number of rotatable bonds is 2. The zero-order chi connectivity index (χ0) is 16.9. The minimum absolute atomic E-state index is 0. The molecule has 1 aliphatic heterocycles. The van der Waals surface area contributed by atoms with Gasteiger partial charge in [-0.3, -0.25) is 9.78 Å². The molecule has 138 valence electrons. The number of hydrogen-bond acceptors (Lipinski definition) is 5. The van der Waals surface area contributed by atoms with Crippen molar-refractivity contribution in [3.63, 3.8) is 0 Å². The summed E-state index contributed by atoms with van der Waals surface area (Å²) in [6.07, 6.45) is 3.39. The highest BCUT2D eigenvalue weighted by Gasteiger charge is 2.26. The van der Waals surface area contributed by atoms with Gasteiger partial charge in [-0.25, -0.2) is 0 Å². The van der Waals surface area contributed by atoms with Gasteiger partial charge in [-0.1, -0.05) is 11.8 Å². The number of ether oxygens (including phenoxy) is 2. The Morgan fingerprint density at radius 1 is 1.38 bits per heavy atom. The first kappa shape index (κ1) is 21.6. The van der Waals surface area contributed by atoms with E-state index < -0.39 is 6.04 Å². The highest BCUT2D eigenvalue weighted by molar-refractivity contribution is 5.98. The molecule has 0 spiro atoms. The van der Waals surface area contributed by atoms with Crippen LogP contribution < -0.4 is 20.1 Å². The molecule has 0 bridgehead atoms. The average Bonchev–Trinajstić information content (AvgIpc) is 2.72. The summed E-state index contributed by atoms with van der Waals surface area (Å²) < 4.78 is 11.2. The largest absolute Gasteiger partial charge is 0.489 e. The number of halogens is 2. The Kier molecular flexibility index (Phi) is 8.20. The van der Waals surface area contributed by atoms with Crippen LogP contribution >= 0.6 is 24.8 Å². The van der Waals surface area contributed by atoms with Crippen molar-refractivity contribution >= 4 is 36.4 Å². The summed E-state index contributed by atoms with van der Waals surface area (Å²) in [4.78, 5) is 17.6. The maximum absolute atomic E-state index is 12.1. The van der Waals surface area contributed by atoms with Gasteiger partial charge in [-0.05, 0) is 24.3 Å². The molecule has 0 aliphatic carbocycles. The quantitative estimate of drug-likeness (QED) is 0.787. The summed E-state index contributed by atoms with van der Waals surface area (Å²) in [7, 11) is 1.67. The SMILES string of the molecule is CN1C(=O)[C@@H](N)COc2ccc(OCC#Cc3cccnc3)cc21.Cl.Cl. The first-order chi connectivity index (χ1) is 11.6. The second-order valence-corrected chi connectivity index (χ2v) is 5.28. The van der Waals surface area contributed by atoms with Crippen molar-refractivity contribution in [3.05, 3.63) is 48.3 Å². The summed E-state index contributed by atoms with van der Waals surface area (Å²) in [5.74, 6) is 6.91. The van der Waals surface area contributed by atoms with Gasteiger partial charge in [0.15, 0.2) is 0 Å². The number of likely N-dealkylation sites (N-methyl/N-ethyl adjacent to an activating group) is 1. The Bertz CT molecular complexity index is 806. The average molecular weight is 396 g/mol. The number of hydrogen-bond donors (Lipinski definition) is 1. The molecule has 26 heavy (non-hydrogen) atoms. The van der Waals surface area contributed by atoms with Crippen LogP contribution in [0.25, 0.3) is 0 Å². The van der Waals surface area contributed by atoms with Crippen molar-refractivity contribution in [2.45, 2.75) is 6.04 Å². The number of carbonyl (C=O) groups excluding carboxylic acids is 1. The third kappa shape index (κ3) is 5.02. The minimum atomic E-state index is -0.669. The fraction of sp³-hybridized carbons (Fsp3) is 0.222. The van der Waals surface area contributed by atoms with Gasteiger partial charge in [0.05, 0.1) is 5.69 Å². The summed E-state index contributed by atoms with van der Waals surface area (Å²) in [5, 5.41) is 0. The van der Waals surface area contributed by atoms with Gasteiger partial charge in [0.25, 0.3) is 0 Å². The Hall–Kier alpha value is -2.46. The summed E-state index contributed by atoms with van der Waals surface area (Å²) >= 11 is 0. The highest BCUT2D eigenvalue weighted by Crippen LogP contribution is 2.33. The lowest BCUT2D eigenvalue weighted by Gasteiger charge is -2.18. The van der Waals surface area contributed by atoms with Crippen LogP contribution in [-0.4, -0.2) is 37.2 Å². The van der Waals surface area contributed by atoms with Crippen LogP contribution in [-0.2, 0) is 4.79 Å². The van der Waals surface area contributed by atoms with Crippen molar-refractivity contribution < 1.29 is 14.3 Å². The predicted molar refractivity (Wildman–Crippen MR) is 104 cm³/mol. The molecule has 1 aromatic heterocycles. The zero-order valence-electron chi connectivity index (χ0n) is 14.0. The normalized spacial score (nSPS) is 15.1. The Labute approximate surface area is 164 Å². The van der Waals surface area contributed by atoms with Crippen LogP contribution in [0.2, 0.25) is 0 Å². The number of carbonyl (C=O) groups is 1. The lowest BCUT2D eigenvalue weighted by Crippen LogP contribution is -2.43. The molecule has 8 heteroatoms. The van der Waals surface area contributed by atoms with Crippen molar-refractivity contribution in [2.24, 2.45) is 5.73 Å². The van der Waals surface area contributed by atoms with Gasteiger partial charge in [-0.15, -0.1) is 24.8 Å². The van der Waals surface area contributed by atoms with Crippen LogP contribution in [0.1, 0.15) is 5.56 Å². The third-order valence-corrected chi connectivity index (χ3v) is 3.56. The topological polar surface area (TPSA) is 77.7 Å². The third-order valence-electron chi connectivity index (χ3n) is 3.56. The molecule has 0 unspecified atom stereocenters. The van der Waals surface area contributed by atoms with Crippen LogP contribution in [0, 0.1) is 11.8 Å². The number of pyridine rings is 1. The lowest BCUT2D eigenvalue weighted by molar-refractivity contribution is -0.119. The van der Waals surface area contributed by atoms with Gasteiger partial charge in [0.2, 0.25) is 5.91 Å². The molecule has 0 fully saturated rings. The van der Waals surface area contributed by atoms with E-state index in [1.54, 1.807) is 37.6 Å². The summed E-state index contributed by atoms with van der Waals surface area (Å²) in [6.45, 7) is 0.388. The lowest BCUT2D eigenvalue weighted by atomic mass is 10.2. The van der Waals surface area contributed by atoms with Crippen LogP contribution in [0.5, 0.6) is 11.5 Å². The second-order valence-electron chi connectivity index (χ2n) is 5.28. The molecule has 2 heterocycles. The first-order valence-electron chi connectivity index (χ1n) is 7.47. The van der Waals surface area contributed by atoms with Crippen molar-refractivity contribution in [2.75, 3.05) is 25.2 Å². The van der Waals surface area contributed by atoms with E-state index in [1.807, 2.05) is 12.1 Å². The number of anilines is 1. The predicted octanol–water partition coefficient (Wildman–Crippen LogP) is 2.04. The van der Waals surface area contributed by atoms with E-state index in [4.69, 9.17) is 15.2 Å². The number of aromatic nitrogens is 1. The standard InChI is InChI=1S/C18H17N3O3.2ClH/c1-21-16-10-14(6-7-17(16)24-12-15(19)18(21)22)23-9-3-5-13-4-2-8-20-11-13;;/h2,4,6-8,10-11,15H,9,12,19H2,1H3;2*1H/t15-;;/m0../s1. The van der Waals surface area contributed by atoms with Crippen molar-refractivity contribution in [1.29, 1.82) is 0 Å². The highest BCUT2D eigenvalue weighted by atomic mass is 35.5. The van der Waals surface area contributed by atoms with Crippen molar-refractivity contribution in [3.8, 4) is 23.3 Å². The van der Waals surface area contributed by atoms with E-state index in [0.29, 0.717) is 17.2 Å². The van der Waals surface area contributed by atoms with E-state index in [1.165, 1.54) is 4.90 Å². The zero-order valence-corrected chi connectivity index (χ0v) is 15.7. The smallest absolute Gasteiger partial charge is 0.247 e. The molecule has 3 rings (SSSR count). The van der Waals surface area contributed by atoms with Gasteiger partial charge >= 0.3 is 0 Å². The molecule has 1 aliphatic rings. The fourth-order valence-corrected chi connectivity index (χ4v) is 2.28. The number of nitrogens with zero attached hydrogens (tertiary/aromatic N) is 2. The molecule has 2 aromatic rings. The molecular weight excluding hydrogens is 377 g/mol.